The van der Waals surface area contributed by atoms with Gasteiger partial charge in [0.15, 0.2) is 0 Å². The summed E-state index contributed by atoms with van der Waals surface area (Å²) in [5.41, 5.74) is 0. The van der Waals surface area contributed by atoms with Crippen molar-refractivity contribution in [3.63, 3.8) is 0 Å². The molecule has 16 heteroatoms. The first-order chi connectivity index (χ1) is 40.3. The van der Waals surface area contributed by atoms with E-state index in [9.17, 15) is 44.1 Å². The Morgan fingerprint density at radius 1 is 0.265 bits per heavy atom. The molecule has 0 aliphatic rings. The van der Waals surface area contributed by atoms with Crippen LogP contribution in [-0.2, 0) is 52.2 Å². The minimum Gasteiger partial charge on any atom is -0.0654 e. The first-order valence-corrected chi connectivity index (χ1v) is 40.8. The van der Waals surface area contributed by atoms with Gasteiger partial charge in [0, 0.05) is 0 Å². The van der Waals surface area contributed by atoms with E-state index in [1.54, 1.807) is 0 Å². The Balaban J connectivity index is 4.93. The van der Waals surface area contributed by atoms with Crippen molar-refractivity contribution in [2.75, 3.05) is 19.8 Å². The molecule has 0 heterocycles. The molecule has 3 N–H and O–H groups in total. The zero-order valence-corrected chi connectivity index (χ0v) is 56.5. The second-order valence-electron chi connectivity index (χ2n) is 23.9. The fraction of sp³-hybridized carbons (Fsp3) is 0.910. The summed E-state index contributed by atoms with van der Waals surface area (Å²) in [7, 11) is 0. The summed E-state index contributed by atoms with van der Waals surface area (Å²) >= 11 is -5.75. The molecule has 0 aromatic heterocycles. The summed E-state index contributed by atoms with van der Waals surface area (Å²) in [5, 5.41) is 31.6. The molecule has 0 saturated carbocycles. The Kier molecular flexibility index (Phi) is 58.0. The summed E-state index contributed by atoms with van der Waals surface area (Å²) < 4.78 is 31.7. The van der Waals surface area contributed by atoms with Crippen LogP contribution in [0.1, 0.15) is 348 Å². The van der Waals surface area contributed by atoms with Crippen molar-refractivity contribution in [2.24, 2.45) is 0 Å². The van der Waals surface area contributed by atoms with E-state index in [-0.39, 0.29) is 19.8 Å². The molecule has 0 aromatic carbocycles. The third-order valence-corrected chi connectivity index (χ3v) is 20.6. The van der Waals surface area contributed by atoms with Crippen molar-refractivity contribution in [3.8, 4) is 0 Å². The molecule has 0 fully saturated rings. The van der Waals surface area contributed by atoms with E-state index in [1.165, 1.54) is 212 Å². The van der Waals surface area contributed by atoms with Crippen molar-refractivity contribution in [3.05, 3.63) is 0 Å². The molecule has 3 unspecified atom stereocenters. The zero-order chi connectivity index (χ0) is 61.1. The van der Waals surface area contributed by atoms with Gasteiger partial charge in [-0.25, -0.2) is 0 Å². The minimum atomic E-state index is -5.75. The fourth-order valence-corrected chi connectivity index (χ4v) is 14.9. The van der Waals surface area contributed by atoms with Crippen LogP contribution < -0.4 is 0 Å². The van der Waals surface area contributed by atoms with Gasteiger partial charge in [-0.15, -0.1) is 0 Å². The van der Waals surface area contributed by atoms with E-state index < -0.39 is 93.0 Å². The Morgan fingerprint density at radius 2 is 0.410 bits per heavy atom. The molecule has 0 aromatic rings. The predicted octanol–water partition coefficient (Wildman–Crippen LogP) is 16.9. The van der Waals surface area contributed by atoms with E-state index in [0.717, 1.165) is 82.0 Å². The molecule has 0 saturated heterocycles. The molecular formula is C67H126O15Sn. The number of carbonyl (C=O) groups is 6. The van der Waals surface area contributed by atoms with Gasteiger partial charge in [0.25, 0.3) is 0 Å². The molecule has 488 valence electrons. The van der Waals surface area contributed by atoms with Gasteiger partial charge in [-0.1, -0.05) is 233 Å². The Bertz CT molecular complexity index is 1370. The SMILES string of the molecule is CCCCCCCCCCCCCCCCCCOC(=O)C(O)CC(=O)[O][Sn]([CH3])([O]C(=O)CC(O)C(=O)OCCCCCCCCCCCCCCCCCC)[O]C(=O)CC(O)C(=O)OCCCCCCCCCCCCCCCCCC. The van der Waals surface area contributed by atoms with E-state index in [2.05, 4.69) is 20.8 Å². The maximum absolute atomic E-state index is 13.1. The minimum absolute atomic E-state index is 0.0457. The van der Waals surface area contributed by atoms with Crippen LogP contribution in [0.3, 0.4) is 0 Å². The quantitative estimate of drug-likeness (QED) is 0.0223. The number of unbranched alkanes of at least 4 members (excludes halogenated alkanes) is 45. The number of carbonyl (C=O) groups excluding carboxylic acids is 6. The molecule has 15 nitrogen and oxygen atoms in total. The second kappa shape index (κ2) is 59.8. The zero-order valence-electron chi connectivity index (χ0n) is 53.7. The number of esters is 3. The number of aliphatic hydroxyl groups excluding tert-OH is 3. The van der Waals surface area contributed by atoms with E-state index in [0.29, 0.717) is 19.3 Å². The van der Waals surface area contributed by atoms with Crippen molar-refractivity contribution in [1.82, 2.24) is 0 Å². The summed E-state index contributed by atoms with van der Waals surface area (Å²) in [6.45, 7) is 6.87. The van der Waals surface area contributed by atoms with Crippen LogP contribution in [0.2, 0.25) is 4.94 Å². The number of rotatable bonds is 63. The third-order valence-electron chi connectivity index (χ3n) is 15.5. The van der Waals surface area contributed by atoms with Crippen molar-refractivity contribution >= 4 is 55.4 Å². The van der Waals surface area contributed by atoms with Gasteiger partial charge in [-0.05, 0) is 0 Å². The summed E-state index contributed by atoms with van der Waals surface area (Å²) in [6.07, 6.45) is 48.6. The van der Waals surface area contributed by atoms with E-state index in [4.69, 9.17) is 23.4 Å². The van der Waals surface area contributed by atoms with Crippen LogP contribution in [0.25, 0.3) is 0 Å². The standard InChI is InChI=1S/3C22H42O5.CH3.Sn/c3*1-2-3-4-5-6-7-8-9-10-11-12-13-14-15-16-17-18-27-22(26)20(23)19-21(24)25;;/h3*20,23H,2-19H2,1H3,(H,24,25);1H3;/q;;;;+3/p-3. The van der Waals surface area contributed by atoms with Gasteiger partial charge in [-0.2, -0.15) is 0 Å². The van der Waals surface area contributed by atoms with Crippen LogP contribution in [0.4, 0.5) is 0 Å². The molecular weight excluding hydrogens is 1160 g/mol. The monoisotopic (exact) mass is 1290 g/mol. The average molecular weight is 1290 g/mol. The molecule has 3 atom stereocenters. The van der Waals surface area contributed by atoms with E-state index >= 15 is 0 Å². The molecule has 83 heavy (non-hydrogen) atoms. The van der Waals surface area contributed by atoms with E-state index in [1.807, 2.05) is 0 Å². The topological polar surface area (TPSA) is 218 Å². The average Bonchev–Trinajstić information content (AvgIpc) is 3.48. The van der Waals surface area contributed by atoms with Crippen LogP contribution in [0, 0.1) is 0 Å². The summed E-state index contributed by atoms with van der Waals surface area (Å²) in [6, 6.07) is 0. The molecule has 0 rings (SSSR count). The van der Waals surface area contributed by atoms with Crippen LogP contribution in [0.5, 0.6) is 0 Å². The normalized spacial score (nSPS) is 13.2. The van der Waals surface area contributed by atoms with Gasteiger partial charge in [0.2, 0.25) is 0 Å². The van der Waals surface area contributed by atoms with Crippen LogP contribution >= 0.6 is 0 Å². The number of hydrogen-bond acceptors (Lipinski definition) is 15. The smallest absolute Gasteiger partial charge is 0.0654 e. The third kappa shape index (κ3) is 54.6. The molecule has 0 aliphatic heterocycles. The Labute approximate surface area is 511 Å². The number of hydrogen-bond donors (Lipinski definition) is 3. The number of ether oxygens (including phenoxy) is 3. The number of aliphatic hydroxyl groups is 3. The van der Waals surface area contributed by atoms with Gasteiger partial charge in [-0.3, -0.25) is 0 Å². The van der Waals surface area contributed by atoms with Crippen LogP contribution in [0.15, 0.2) is 0 Å². The molecule has 0 aliphatic carbocycles. The van der Waals surface area contributed by atoms with Crippen molar-refractivity contribution < 1.29 is 67.5 Å². The van der Waals surface area contributed by atoms with Gasteiger partial charge in [0.1, 0.15) is 0 Å². The summed E-state index contributed by atoms with van der Waals surface area (Å²) in [4.78, 5) is 78.3. The molecule has 0 amide bonds. The predicted molar refractivity (Wildman–Crippen MR) is 333 cm³/mol. The molecule has 0 spiro atoms. The van der Waals surface area contributed by atoms with Crippen molar-refractivity contribution in [1.29, 1.82) is 0 Å². The van der Waals surface area contributed by atoms with Gasteiger partial charge < -0.3 is 0 Å². The maximum atomic E-state index is 13.1. The molecule has 0 bridgehead atoms. The summed E-state index contributed by atoms with van der Waals surface area (Å²) in [5.74, 6) is -6.95. The Morgan fingerprint density at radius 3 is 0.566 bits per heavy atom. The first-order valence-electron chi connectivity index (χ1n) is 34.5. The van der Waals surface area contributed by atoms with Gasteiger partial charge >= 0.3 is 282 Å². The molecule has 0 radical (unpaired) electrons. The van der Waals surface area contributed by atoms with Crippen molar-refractivity contribution in [2.45, 2.75) is 371 Å². The Hall–Kier alpha value is -2.50. The second-order valence-corrected chi connectivity index (χ2v) is 30.5. The van der Waals surface area contributed by atoms with Crippen LogP contribution in [-0.4, -0.2) is 109 Å². The van der Waals surface area contributed by atoms with Gasteiger partial charge in [0.05, 0.1) is 0 Å². The first kappa shape index (κ1) is 80.5. The fourth-order valence-electron chi connectivity index (χ4n) is 10.3.